The fourth-order valence-electron chi connectivity index (χ4n) is 3.23. The van der Waals surface area contributed by atoms with E-state index in [-0.39, 0.29) is 23.7 Å². The lowest BCUT2D eigenvalue weighted by Crippen LogP contribution is -2.31. The zero-order chi connectivity index (χ0) is 13.9. The van der Waals surface area contributed by atoms with Gasteiger partial charge >= 0.3 is 0 Å². The average Bonchev–Trinajstić information content (AvgIpc) is 3.07. The molecule has 3 rings (SSSR count). The minimum absolute atomic E-state index is 0.0429. The number of para-hydroxylation sites is 1. The summed E-state index contributed by atoms with van der Waals surface area (Å²) in [5, 5.41) is 5.87. The first-order chi connectivity index (χ1) is 9.75. The van der Waals surface area contributed by atoms with Crippen molar-refractivity contribution in [3.63, 3.8) is 0 Å². The van der Waals surface area contributed by atoms with Crippen LogP contribution in [-0.4, -0.2) is 18.4 Å². The fraction of sp³-hybridized carbons (Fsp3) is 0.500. The Labute approximate surface area is 118 Å². The van der Waals surface area contributed by atoms with Gasteiger partial charge in [0.05, 0.1) is 5.92 Å². The number of carbonyl (C=O) groups is 2. The molecule has 1 aromatic rings. The summed E-state index contributed by atoms with van der Waals surface area (Å²) < 4.78 is 0. The number of hydrogen-bond acceptors (Lipinski definition) is 2. The second-order valence-electron chi connectivity index (χ2n) is 5.69. The Balaban J connectivity index is 1.54. The van der Waals surface area contributed by atoms with Gasteiger partial charge in [-0.15, -0.1) is 0 Å². The topological polar surface area (TPSA) is 58.2 Å². The number of benzene rings is 1. The number of amides is 2. The van der Waals surface area contributed by atoms with Gasteiger partial charge in [0, 0.05) is 18.2 Å². The van der Waals surface area contributed by atoms with Gasteiger partial charge in [0.1, 0.15) is 0 Å². The van der Waals surface area contributed by atoms with Crippen molar-refractivity contribution in [3.8, 4) is 0 Å². The average molecular weight is 272 g/mol. The van der Waals surface area contributed by atoms with Crippen LogP contribution >= 0.6 is 0 Å². The van der Waals surface area contributed by atoms with E-state index < -0.39 is 0 Å². The molecule has 1 atom stereocenters. The SMILES string of the molecule is O=C(NCCC1C(=O)Nc2ccccc21)C1CCCC1. The van der Waals surface area contributed by atoms with Crippen LogP contribution in [0.4, 0.5) is 5.69 Å². The van der Waals surface area contributed by atoms with E-state index in [0.717, 1.165) is 36.9 Å². The zero-order valence-electron chi connectivity index (χ0n) is 11.5. The van der Waals surface area contributed by atoms with E-state index in [2.05, 4.69) is 10.6 Å². The molecule has 1 aliphatic heterocycles. The molecule has 2 aliphatic rings. The molecule has 0 radical (unpaired) electrons. The van der Waals surface area contributed by atoms with Crippen molar-refractivity contribution in [1.82, 2.24) is 5.32 Å². The summed E-state index contributed by atoms with van der Waals surface area (Å²) in [6.07, 6.45) is 5.02. The highest BCUT2D eigenvalue weighted by atomic mass is 16.2. The number of anilines is 1. The van der Waals surface area contributed by atoms with Crippen molar-refractivity contribution in [2.24, 2.45) is 5.92 Å². The Bertz CT molecular complexity index is 521. The second kappa shape index (κ2) is 5.65. The number of fused-ring (bicyclic) bond motifs is 1. The molecule has 0 spiro atoms. The van der Waals surface area contributed by atoms with Crippen LogP contribution < -0.4 is 10.6 Å². The lowest BCUT2D eigenvalue weighted by atomic mass is 9.97. The number of hydrogen-bond donors (Lipinski definition) is 2. The molecule has 20 heavy (non-hydrogen) atoms. The molecule has 2 N–H and O–H groups in total. The van der Waals surface area contributed by atoms with Crippen molar-refractivity contribution < 1.29 is 9.59 Å². The quantitative estimate of drug-likeness (QED) is 0.884. The van der Waals surface area contributed by atoms with Crippen LogP contribution in [0, 0.1) is 5.92 Å². The smallest absolute Gasteiger partial charge is 0.232 e. The first-order valence-corrected chi connectivity index (χ1v) is 7.43. The van der Waals surface area contributed by atoms with Crippen molar-refractivity contribution in [2.75, 3.05) is 11.9 Å². The third-order valence-corrected chi connectivity index (χ3v) is 4.37. The highest BCUT2D eigenvalue weighted by molar-refractivity contribution is 6.02. The Hall–Kier alpha value is -1.84. The van der Waals surface area contributed by atoms with Gasteiger partial charge in [-0.3, -0.25) is 9.59 Å². The summed E-state index contributed by atoms with van der Waals surface area (Å²) in [4.78, 5) is 23.9. The second-order valence-corrected chi connectivity index (χ2v) is 5.69. The van der Waals surface area contributed by atoms with Gasteiger partial charge in [-0.25, -0.2) is 0 Å². The van der Waals surface area contributed by atoms with E-state index in [1.54, 1.807) is 0 Å². The maximum absolute atomic E-state index is 11.9. The molecular formula is C16H20N2O2. The van der Waals surface area contributed by atoms with Crippen LogP contribution in [0.25, 0.3) is 0 Å². The van der Waals surface area contributed by atoms with Gasteiger partial charge in [0.2, 0.25) is 11.8 Å². The summed E-state index contributed by atoms with van der Waals surface area (Å²) in [6.45, 7) is 0.571. The molecule has 1 aromatic carbocycles. The van der Waals surface area contributed by atoms with E-state index in [9.17, 15) is 9.59 Å². The van der Waals surface area contributed by atoms with Gasteiger partial charge < -0.3 is 10.6 Å². The molecule has 0 aromatic heterocycles. The predicted molar refractivity (Wildman–Crippen MR) is 77.4 cm³/mol. The van der Waals surface area contributed by atoms with E-state index in [1.165, 1.54) is 0 Å². The van der Waals surface area contributed by atoms with Gasteiger partial charge in [-0.1, -0.05) is 31.0 Å². The van der Waals surface area contributed by atoms with Crippen LogP contribution in [0.2, 0.25) is 0 Å². The molecule has 106 valence electrons. The molecule has 1 aliphatic carbocycles. The molecule has 1 unspecified atom stereocenters. The Morgan fingerprint density at radius 3 is 2.80 bits per heavy atom. The molecule has 1 saturated carbocycles. The fourth-order valence-corrected chi connectivity index (χ4v) is 3.23. The molecule has 0 bridgehead atoms. The Morgan fingerprint density at radius 1 is 1.25 bits per heavy atom. The number of nitrogens with one attached hydrogen (secondary N) is 2. The third kappa shape index (κ3) is 2.55. The predicted octanol–water partition coefficient (Wildman–Crippen LogP) is 2.42. The van der Waals surface area contributed by atoms with Crippen LogP contribution in [0.1, 0.15) is 43.6 Å². The van der Waals surface area contributed by atoms with Crippen LogP contribution in [-0.2, 0) is 9.59 Å². The van der Waals surface area contributed by atoms with E-state index in [4.69, 9.17) is 0 Å². The van der Waals surface area contributed by atoms with Crippen molar-refractivity contribution >= 4 is 17.5 Å². The van der Waals surface area contributed by atoms with Crippen molar-refractivity contribution in [3.05, 3.63) is 29.8 Å². The van der Waals surface area contributed by atoms with Crippen LogP contribution in [0.3, 0.4) is 0 Å². The first-order valence-electron chi connectivity index (χ1n) is 7.43. The normalized spacial score (nSPS) is 21.6. The Kier molecular flexibility index (Phi) is 3.72. The van der Waals surface area contributed by atoms with Gasteiger partial charge in [-0.05, 0) is 30.9 Å². The summed E-state index contributed by atoms with van der Waals surface area (Å²) >= 11 is 0. The monoisotopic (exact) mass is 272 g/mol. The van der Waals surface area contributed by atoms with Gasteiger partial charge in [0.15, 0.2) is 0 Å². The zero-order valence-corrected chi connectivity index (χ0v) is 11.5. The maximum atomic E-state index is 11.9. The van der Waals surface area contributed by atoms with Gasteiger partial charge in [-0.2, -0.15) is 0 Å². The van der Waals surface area contributed by atoms with Crippen LogP contribution in [0.15, 0.2) is 24.3 Å². The minimum Gasteiger partial charge on any atom is -0.356 e. The van der Waals surface area contributed by atoms with Crippen molar-refractivity contribution in [2.45, 2.75) is 38.0 Å². The van der Waals surface area contributed by atoms with E-state index in [0.29, 0.717) is 13.0 Å². The highest BCUT2D eigenvalue weighted by Crippen LogP contribution is 2.34. The van der Waals surface area contributed by atoms with E-state index in [1.807, 2.05) is 24.3 Å². The number of carbonyl (C=O) groups excluding carboxylic acids is 2. The van der Waals surface area contributed by atoms with E-state index >= 15 is 0 Å². The molecule has 4 heteroatoms. The lowest BCUT2D eigenvalue weighted by molar-refractivity contribution is -0.125. The third-order valence-electron chi connectivity index (χ3n) is 4.37. The summed E-state index contributed by atoms with van der Waals surface area (Å²) in [6, 6.07) is 7.77. The van der Waals surface area contributed by atoms with Gasteiger partial charge in [0.25, 0.3) is 0 Å². The summed E-state index contributed by atoms with van der Waals surface area (Å²) in [5.41, 5.74) is 1.96. The maximum Gasteiger partial charge on any atom is 0.232 e. The van der Waals surface area contributed by atoms with Crippen molar-refractivity contribution in [1.29, 1.82) is 0 Å². The summed E-state index contributed by atoms with van der Waals surface area (Å²) in [7, 11) is 0. The van der Waals surface area contributed by atoms with Crippen LogP contribution in [0.5, 0.6) is 0 Å². The largest absolute Gasteiger partial charge is 0.356 e. The standard InChI is InChI=1S/C16H20N2O2/c19-15(11-5-1-2-6-11)17-10-9-13-12-7-3-4-8-14(12)18-16(13)20/h3-4,7-8,11,13H,1-2,5-6,9-10H2,(H,17,19)(H,18,20). The Morgan fingerprint density at radius 2 is 2.00 bits per heavy atom. The number of rotatable bonds is 4. The minimum atomic E-state index is -0.130. The molecular weight excluding hydrogens is 252 g/mol. The molecule has 2 amide bonds. The molecule has 4 nitrogen and oxygen atoms in total. The molecule has 0 saturated heterocycles. The highest BCUT2D eigenvalue weighted by Gasteiger charge is 2.30. The molecule has 1 heterocycles. The lowest BCUT2D eigenvalue weighted by Gasteiger charge is -2.12. The summed E-state index contributed by atoms with van der Waals surface area (Å²) in [5.74, 6) is 0.269. The molecule has 1 fully saturated rings. The first kappa shape index (κ1) is 13.2.